The first-order valence-electron chi connectivity index (χ1n) is 18.7. The molecule has 236 valence electrons. The van der Waals surface area contributed by atoms with Crippen molar-refractivity contribution in [1.29, 1.82) is 0 Å². The monoisotopic (exact) mass is 622 g/mol. The van der Waals surface area contributed by atoms with E-state index in [-0.39, 0.29) is 12.1 Å². The largest absolute Gasteiger partial charge is 0.311 e. The van der Waals surface area contributed by atoms with E-state index < -0.39 is 0 Å². The number of fused-ring (bicyclic) bond motifs is 6. The predicted molar refractivity (Wildman–Crippen MR) is 202 cm³/mol. The van der Waals surface area contributed by atoms with Gasteiger partial charge in [0, 0.05) is 33.9 Å². The number of rotatable bonds is 3. The van der Waals surface area contributed by atoms with Gasteiger partial charge in [-0.25, -0.2) is 0 Å². The van der Waals surface area contributed by atoms with E-state index in [0.717, 1.165) is 30.1 Å². The normalized spacial score (nSPS) is 26.5. The highest BCUT2D eigenvalue weighted by atomic mass is 15.2. The highest BCUT2D eigenvalue weighted by Crippen LogP contribution is 2.69. The molecule has 0 radical (unpaired) electrons. The van der Waals surface area contributed by atoms with Gasteiger partial charge in [0.2, 0.25) is 0 Å². The maximum absolute atomic E-state index is 2.71. The summed E-state index contributed by atoms with van der Waals surface area (Å²) < 4.78 is 0. The van der Waals surface area contributed by atoms with Crippen LogP contribution in [0.3, 0.4) is 0 Å². The van der Waals surface area contributed by atoms with Crippen molar-refractivity contribution in [2.45, 2.75) is 70.6 Å². The summed E-state index contributed by atoms with van der Waals surface area (Å²) in [6, 6.07) is 40.8. The van der Waals surface area contributed by atoms with Crippen LogP contribution in [0, 0.1) is 23.7 Å². The summed E-state index contributed by atoms with van der Waals surface area (Å²) in [7, 11) is 0. The maximum atomic E-state index is 2.71. The van der Waals surface area contributed by atoms with Crippen LogP contribution in [0.4, 0.5) is 34.1 Å². The fraction of sp³-hybridized carbons (Fsp3) is 0.333. The highest BCUT2D eigenvalue weighted by Gasteiger charge is 2.62. The quantitative estimate of drug-likeness (QED) is 0.181. The molecule has 5 aromatic rings. The Bertz CT molecular complexity index is 2130. The van der Waals surface area contributed by atoms with E-state index in [4.69, 9.17) is 0 Å². The molecule has 1 spiro atoms. The second-order valence-corrected chi connectivity index (χ2v) is 16.2. The van der Waals surface area contributed by atoms with Gasteiger partial charge < -0.3 is 9.80 Å². The van der Waals surface area contributed by atoms with Gasteiger partial charge in [0.15, 0.2) is 0 Å². The number of anilines is 6. The van der Waals surface area contributed by atoms with Crippen molar-refractivity contribution in [2.24, 2.45) is 23.7 Å². The van der Waals surface area contributed by atoms with E-state index in [1.54, 1.807) is 11.1 Å². The fourth-order valence-electron chi connectivity index (χ4n) is 12.1. The molecule has 4 saturated carbocycles. The molecule has 3 aliphatic heterocycles. The molecule has 0 atom stereocenters. The highest BCUT2D eigenvalue weighted by molar-refractivity contribution is 7.00. The molecule has 0 amide bonds. The number of benzene rings is 5. The van der Waals surface area contributed by atoms with Crippen molar-refractivity contribution in [3.63, 3.8) is 0 Å². The number of para-hydroxylation sites is 2. The molecule has 48 heavy (non-hydrogen) atoms. The van der Waals surface area contributed by atoms with Crippen LogP contribution in [0.15, 0.2) is 103 Å². The van der Waals surface area contributed by atoms with Crippen molar-refractivity contribution in [3.8, 4) is 0 Å². The third-order valence-electron chi connectivity index (χ3n) is 13.7. The molecule has 0 aromatic heterocycles. The van der Waals surface area contributed by atoms with E-state index in [2.05, 4.69) is 134 Å². The molecule has 3 heteroatoms. The molecule has 0 saturated heterocycles. The number of aryl methyl sites for hydroxylation is 1. The molecule has 2 nitrogen and oxygen atoms in total. The zero-order chi connectivity index (χ0) is 31.9. The van der Waals surface area contributed by atoms with Crippen LogP contribution in [0.1, 0.15) is 81.0 Å². The molecule has 7 aliphatic rings. The third-order valence-corrected chi connectivity index (χ3v) is 13.7. The minimum absolute atomic E-state index is 0.118. The predicted octanol–water partition coefficient (Wildman–Crippen LogP) is 9.51. The lowest BCUT2D eigenvalue weighted by atomic mass is 9.32. The second-order valence-electron chi connectivity index (χ2n) is 16.2. The zero-order valence-electron chi connectivity index (χ0n) is 28.4. The molecular weight excluding hydrogens is 579 g/mol. The van der Waals surface area contributed by atoms with Crippen molar-refractivity contribution in [2.75, 3.05) is 9.80 Å². The van der Waals surface area contributed by atoms with Crippen LogP contribution in [0.5, 0.6) is 0 Å². The molecule has 5 aromatic carbocycles. The van der Waals surface area contributed by atoms with E-state index in [1.807, 2.05) is 0 Å². The third kappa shape index (κ3) is 3.36. The van der Waals surface area contributed by atoms with Crippen LogP contribution in [0.25, 0.3) is 0 Å². The SMILES string of the molecule is CCc1ccc2c(c1)B1c3cccc4c3N(c3ccccc3C43C4CC5CC(C4)CC3C5)c3cccc(c31)N2c1cccc(C(C)C)c1. The minimum atomic E-state index is 0.118. The van der Waals surface area contributed by atoms with Crippen molar-refractivity contribution < 1.29 is 0 Å². The second kappa shape index (κ2) is 9.68. The van der Waals surface area contributed by atoms with Gasteiger partial charge in [0.05, 0.1) is 5.69 Å². The summed E-state index contributed by atoms with van der Waals surface area (Å²) in [6.45, 7) is 7.10. The average molecular weight is 623 g/mol. The lowest BCUT2D eigenvalue weighted by molar-refractivity contribution is -0.0419. The zero-order valence-corrected chi connectivity index (χ0v) is 28.4. The number of hydrogen-bond donors (Lipinski definition) is 0. The van der Waals surface area contributed by atoms with Gasteiger partial charge in [-0.1, -0.05) is 87.5 Å². The molecule has 0 N–H and O–H groups in total. The molecular formula is C45H43BN2. The molecule has 4 bridgehead atoms. The van der Waals surface area contributed by atoms with E-state index in [0.29, 0.717) is 5.92 Å². The average Bonchev–Trinajstić information content (AvgIpc) is 3.11. The van der Waals surface area contributed by atoms with Crippen LogP contribution in [0.2, 0.25) is 0 Å². The Morgan fingerprint density at radius 2 is 1.33 bits per heavy atom. The number of nitrogens with zero attached hydrogens (tertiary/aromatic N) is 2. The topological polar surface area (TPSA) is 6.48 Å². The summed E-state index contributed by atoms with van der Waals surface area (Å²) in [5, 5.41) is 0. The standard InChI is InChI=1S/C45H43BN2/c1-4-28-18-19-40-38(25-28)46-37-14-8-13-36-44(37)48(42-17-9-16-41(43(42)46)47(40)34-11-7-10-31(26-34)27(2)3)39-15-6-5-12-35(39)45(36)32-21-29-20-30(23-32)24-33(45)22-29/h5-19,25-27,29-30,32-33H,4,20-24H2,1-3H3. The van der Waals surface area contributed by atoms with Gasteiger partial charge in [0.25, 0.3) is 6.71 Å². The first-order valence-corrected chi connectivity index (χ1v) is 18.7. The van der Waals surface area contributed by atoms with Crippen molar-refractivity contribution in [1.82, 2.24) is 0 Å². The molecule has 4 fully saturated rings. The van der Waals surface area contributed by atoms with Crippen LogP contribution >= 0.6 is 0 Å². The number of hydrogen-bond acceptors (Lipinski definition) is 2. The fourth-order valence-corrected chi connectivity index (χ4v) is 12.1. The Morgan fingerprint density at radius 3 is 2.10 bits per heavy atom. The summed E-state index contributed by atoms with van der Waals surface area (Å²) in [6.07, 6.45) is 8.14. The Morgan fingerprint density at radius 1 is 0.646 bits per heavy atom. The Kier molecular flexibility index (Phi) is 5.59. The summed E-state index contributed by atoms with van der Waals surface area (Å²) in [5.74, 6) is 3.82. The Hall–Kier alpha value is -4.24. The molecule has 0 unspecified atom stereocenters. The van der Waals surface area contributed by atoms with Gasteiger partial charge >= 0.3 is 0 Å². The molecule has 4 aliphatic carbocycles. The van der Waals surface area contributed by atoms with Crippen LogP contribution in [-0.4, -0.2) is 6.71 Å². The molecule has 12 rings (SSSR count). The van der Waals surface area contributed by atoms with Gasteiger partial charge in [0.1, 0.15) is 0 Å². The van der Waals surface area contributed by atoms with Gasteiger partial charge in [-0.05, 0) is 143 Å². The van der Waals surface area contributed by atoms with Crippen molar-refractivity contribution >= 4 is 57.2 Å². The Labute approximate surface area is 285 Å². The lowest BCUT2D eigenvalue weighted by Gasteiger charge is -2.64. The van der Waals surface area contributed by atoms with E-state index in [1.165, 1.54) is 93.7 Å². The lowest BCUT2D eigenvalue weighted by Crippen LogP contribution is -2.64. The molecule has 3 heterocycles. The van der Waals surface area contributed by atoms with E-state index in [9.17, 15) is 0 Å². The first kappa shape index (κ1) is 27.7. The minimum Gasteiger partial charge on any atom is -0.311 e. The maximum Gasteiger partial charge on any atom is 0.252 e. The first-order chi connectivity index (χ1) is 23.6. The summed E-state index contributed by atoms with van der Waals surface area (Å²) >= 11 is 0. The smallest absolute Gasteiger partial charge is 0.252 e. The van der Waals surface area contributed by atoms with Crippen molar-refractivity contribution in [3.05, 3.63) is 125 Å². The van der Waals surface area contributed by atoms with Crippen LogP contribution in [-0.2, 0) is 11.8 Å². The summed E-state index contributed by atoms with van der Waals surface area (Å²) in [4.78, 5) is 5.28. The van der Waals surface area contributed by atoms with Gasteiger partial charge in [-0.2, -0.15) is 0 Å². The van der Waals surface area contributed by atoms with Gasteiger partial charge in [-0.15, -0.1) is 0 Å². The van der Waals surface area contributed by atoms with Crippen LogP contribution < -0.4 is 26.2 Å². The van der Waals surface area contributed by atoms with E-state index >= 15 is 0 Å². The Balaban J connectivity index is 1.22. The van der Waals surface area contributed by atoms with Gasteiger partial charge in [-0.3, -0.25) is 0 Å². The summed E-state index contributed by atoms with van der Waals surface area (Å²) in [5.41, 5.74) is 18.7.